The monoisotopic (exact) mass is 412 g/mol. The summed E-state index contributed by atoms with van der Waals surface area (Å²) in [7, 11) is 0. The van der Waals surface area contributed by atoms with Crippen LogP contribution in [0.5, 0.6) is 0 Å². The lowest BCUT2D eigenvalue weighted by Crippen LogP contribution is -2.58. The third-order valence-corrected chi connectivity index (χ3v) is 7.31. The van der Waals surface area contributed by atoms with Crippen LogP contribution < -0.4 is 10.2 Å². The van der Waals surface area contributed by atoms with Gasteiger partial charge >= 0.3 is 5.97 Å². The van der Waals surface area contributed by atoms with Gasteiger partial charge in [0.1, 0.15) is 0 Å². The van der Waals surface area contributed by atoms with Gasteiger partial charge in [0.05, 0.1) is 11.0 Å². The first-order valence-corrected chi connectivity index (χ1v) is 10.9. The predicted molar refractivity (Wildman–Crippen MR) is 110 cm³/mol. The number of anilines is 2. The molecule has 0 aromatic heterocycles. The Labute approximate surface area is 175 Å². The molecule has 4 bridgehead atoms. The molecule has 0 radical (unpaired) electrons. The molecule has 6 rings (SSSR count). The summed E-state index contributed by atoms with van der Waals surface area (Å²) in [5.74, 6) is 0.102. The van der Waals surface area contributed by atoms with E-state index in [1.54, 1.807) is 23.1 Å². The van der Waals surface area contributed by atoms with E-state index in [1.165, 1.54) is 0 Å². The summed E-state index contributed by atoms with van der Waals surface area (Å²) in [6.07, 6.45) is 6.03. The van der Waals surface area contributed by atoms with Crippen LogP contribution >= 0.6 is 0 Å². The van der Waals surface area contributed by atoms with Gasteiger partial charge in [0.25, 0.3) is 5.91 Å². The number of rotatable bonds is 5. The molecule has 4 saturated carbocycles. The van der Waals surface area contributed by atoms with Gasteiger partial charge in [-0.3, -0.25) is 14.4 Å². The second-order valence-electron chi connectivity index (χ2n) is 9.79. The molecule has 2 amide bonds. The fourth-order valence-corrected chi connectivity index (χ4v) is 6.61. The summed E-state index contributed by atoms with van der Waals surface area (Å²) >= 11 is 0. The van der Waals surface area contributed by atoms with E-state index >= 15 is 0 Å². The zero-order valence-corrected chi connectivity index (χ0v) is 17.1. The molecule has 160 valence electrons. The molecule has 5 aliphatic rings. The Morgan fingerprint density at radius 2 is 1.97 bits per heavy atom. The molecule has 7 heteroatoms. The lowest BCUT2D eigenvalue weighted by atomic mass is 9.48. The second-order valence-corrected chi connectivity index (χ2v) is 9.79. The number of hydrogen-bond donors (Lipinski definition) is 2. The summed E-state index contributed by atoms with van der Waals surface area (Å²) in [6.45, 7) is 0.339. The van der Waals surface area contributed by atoms with Crippen molar-refractivity contribution in [1.82, 2.24) is 0 Å². The van der Waals surface area contributed by atoms with E-state index in [0.717, 1.165) is 44.2 Å². The van der Waals surface area contributed by atoms with Crippen molar-refractivity contribution in [3.05, 3.63) is 24.3 Å². The number of nitrogens with one attached hydrogen (secondary N) is 1. The van der Waals surface area contributed by atoms with E-state index in [1.807, 2.05) is 6.07 Å². The maximum atomic E-state index is 12.9. The molecule has 5 fully saturated rings. The molecule has 2 N–H and O–H groups in total. The van der Waals surface area contributed by atoms with Gasteiger partial charge < -0.3 is 20.1 Å². The molecular weight excluding hydrogens is 384 g/mol. The van der Waals surface area contributed by atoms with Gasteiger partial charge in [-0.1, -0.05) is 6.07 Å². The second kappa shape index (κ2) is 7.08. The molecule has 1 aromatic carbocycles. The van der Waals surface area contributed by atoms with Crippen molar-refractivity contribution in [1.29, 1.82) is 0 Å². The number of hydrogen-bond acceptors (Lipinski definition) is 5. The first kappa shape index (κ1) is 19.5. The normalized spacial score (nSPS) is 34.3. The number of benzene rings is 1. The van der Waals surface area contributed by atoms with Gasteiger partial charge in [0.15, 0.2) is 6.61 Å². The van der Waals surface area contributed by atoms with Gasteiger partial charge in [0.2, 0.25) is 5.91 Å². The number of amides is 2. The molecule has 4 aliphatic carbocycles. The highest BCUT2D eigenvalue weighted by Gasteiger charge is 2.60. The zero-order chi connectivity index (χ0) is 20.9. The Morgan fingerprint density at radius 3 is 2.63 bits per heavy atom. The van der Waals surface area contributed by atoms with Crippen LogP contribution in [0, 0.1) is 17.3 Å². The van der Waals surface area contributed by atoms with Crippen LogP contribution in [0.3, 0.4) is 0 Å². The third kappa shape index (κ3) is 3.49. The lowest BCUT2D eigenvalue weighted by Gasteiger charge is -2.58. The summed E-state index contributed by atoms with van der Waals surface area (Å²) in [5.41, 5.74) is -0.0417. The van der Waals surface area contributed by atoms with Crippen molar-refractivity contribution in [3.8, 4) is 0 Å². The van der Waals surface area contributed by atoms with Crippen molar-refractivity contribution in [3.63, 3.8) is 0 Å². The van der Waals surface area contributed by atoms with Crippen molar-refractivity contribution in [2.24, 2.45) is 17.3 Å². The Kier molecular flexibility index (Phi) is 4.61. The summed E-state index contributed by atoms with van der Waals surface area (Å²) < 4.78 is 5.43. The van der Waals surface area contributed by atoms with Crippen molar-refractivity contribution in [2.75, 3.05) is 23.4 Å². The molecule has 1 aliphatic heterocycles. The number of carbonyl (C=O) groups excluding carboxylic acids is 3. The predicted octanol–water partition coefficient (Wildman–Crippen LogP) is 2.63. The standard InChI is InChI=1S/C23H28N2O5/c26-19(24-17-3-1-4-18(8-17)25-6-2-5-20(25)27)13-30-21(28)22-9-15-7-16(10-22)12-23(29,11-15)14-22/h1,3-4,8,15-16,29H,2,5-7,9-14H2,(H,24,26)/t15-,16-,22?,23?/m1/s1. The summed E-state index contributed by atoms with van der Waals surface area (Å²) in [6, 6.07) is 7.14. The van der Waals surface area contributed by atoms with Crippen molar-refractivity contribution >= 4 is 29.2 Å². The number of aliphatic hydroxyl groups is 1. The first-order chi connectivity index (χ1) is 14.3. The Morgan fingerprint density at radius 1 is 1.20 bits per heavy atom. The lowest BCUT2D eigenvalue weighted by molar-refractivity contribution is -0.196. The van der Waals surface area contributed by atoms with Gasteiger partial charge in [-0.25, -0.2) is 0 Å². The van der Waals surface area contributed by atoms with Crippen LogP contribution in [0.15, 0.2) is 24.3 Å². The maximum Gasteiger partial charge on any atom is 0.312 e. The van der Waals surface area contributed by atoms with E-state index in [-0.39, 0.29) is 18.5 Å². The molecule has 0 spiro atoms. The molecule has 30 heavy (non-hydrogen) atoms. The SMILES string of the molecule is O=C(COC(=O)C12C[C@H]3C[C@@H](CC(O)(C3)C1)C2)Nc1cccc(N2CCCC2=O)c1. The molecule has 7 nitrogen and oxygen atoms in total. The van der Waals surface area contributed by atoms with Gasteiger partial charge in [-0.2, -0.15) is 0 Å². The number of ether oxygens (including phenoxy) is 1. The van der Waals surface area contributed by atoms with Crippen LogP contribution in [-0.4, -0.2) is 41.6 Å². The average molecular weight is 412 g/mol. The van der Waals surface area contributed by atoms with Crippen LogP contribution in [0.1, 0.15) is 51.4 Å². The van der Waals surface area contributed by atoms with Crippen molar-refractivity contribution < 1.29 is 24.2 Å². The van der Waals surface area contributed by atoms with Gasteiger partial charge in [-0.15, -0.1) is 0 Å². The molecule has 1 aromatic rings. The summed E-state index contributed by atoms with van der Waals surface area (Å²) in [5, 5.41) is 13.6. The average Bonchev–Trinajstić information content (AvgIpc) is 3.10. The Balaban J connectivity index is 1.19. The third-order valence-electron chi connectivity index (χ3n) is 7.31. The number of nitrogens with zero attached hydrogens (tertiary/aromatic N) is 1. The molecular formula is C23H28N2O5. The van der Waals surface area contributed by atoms with Gasteiger partial charge in [-0.05, 0) is 75.0 Å². The van der Waals surface area contributed by atoms with Gasteiger partial charge in [0, 0.05) is 24.3 Å². The quantitative estimate of drug-likeness (QED) is 0.725. The minimum absolute atomic E-state index is 0.0876. The van der Waals surface area contributed by atoms with E-state index in [2.05, 4.69) is 5.32 Å². The fourth-order valence-electron chi connectivity index (χ4n) is 6.61. The number of esters is 1. The van der Waals surface area contributed by atoms with E-state index in [0.29, 0.717) is 36.9 Å². The largest absolute Gasteiger partial charge is 0.455 e. The Bertz CT molecular complexity index is 883. The molecule has 0 unspecified atom stereocenters. The highest BCUT2D eigenvalue weighted by molar-refractivity contribution is 5.97. The smallest absolute Gasteiger partial charge is 0.312 e. The van der Waals surface area contributed by atoms with E-state index in [4.69, 9.17) is 4.74 Å². The topological polar surface area (TPSA) is 95.9 Å². The highest BCUT2D eigenvalue weighted by Crippen LogP contribution is 2.61. The maximum absolute atomic E-state index is 12.9. The van der Waals surface area contributed by atoms with E-state index in [9.17, 15) is 19.5 Å². The molecule has 2 atom stereocenters. The van der Waals surface area contributed by atoms with E-state index < -0.39 is 16.9 Å². The van der Waals surface area contributed by atoms with Crippen LogP contribution in [0.25, 0.3) is 0 Å². The summed E-state index contributed by atoms with van der Waals surface area (Å²) in [4.78, 5) is 38.9. The van der Waals surface area contributed by atoms with Crippen molar-refractivity contribution in [2.45, 2.75) is 57.0 Å². The fraction of sp³-hybridized carbons (Fsp3) is 0.609. The zero-order valence-electron chi connectivity index (χ0n) is 17.1. The van der Waals surface area contributed by atoms with Crippen LogP contribution in [0.2, 0.25) is 0 Å². The first-order valence-electron chi connectivity index (χ1n) is 10.9. The van der Waals surface area contributed by atoms with Crippen LogP contribution in [-0.2, 0) is 19.1 Å². The molecule has 1 heterocycles. The minimum Gasteiger partial charge on any atom is -0.455 e. The van der Waals surface area contributed by atoms with Crippen LogP contribution in [0.4, 0.5) is 11.4 Å². The molecule has 1 saturated heterocycles. The Hall–Kier alpha value is -2.41. The number of carbonyl (C=O) groups is 3. The minimum atomic E-state index is -0.737. The highest BCUT2D eigenvalue weighted by atomic mass is 16.5.